The van der Waals surface area contributed by atoms with E-state index in [0.717, 1.165) is 19.3 Å². The normalized spacial score (nSPS) is 20.1. The summed E-state index contributed by atoms with van der Waals surface area (Å²) in [5.74, 6) is 0.00488. The number of carbonyl (C=O) groups excluding carboxylic acids is 1. The minimum atomic E-state index is -3.60. The van der Waals surface area contributed by atoms with Crippen LogP contribution >= 0.6 is 0 Å². The van der Waals surface area contributed by atoms with Gasteiger partial charge in [-0.15, -0.1) is 0 Å². The van der Waals surface area contributed by atoms with Crippen LogP contribution in [0.1, 0.15) is 25.7 Å². The van der Waals surface area contributed by atoms with Gasteiger partial charge >= 0.3 is 0 Å². The molecule has 5 N–H and O–H groups in total. The van der Waals surface area contributed by atoms with Crippen molar-refractivity contribution in [3.05, 3.63) is 18.2 Å². The van der Waals surface area contributed by atoms with Crippen LogP contribution in [0.5, 0.6) is 0 Å². The molecule has 26 heavy (non-hydrogen) atoms. The van der Waals surface area contributed by atoms with Crippen LogP contribution in [0.4, 0.5) is 11.4 Å². The van der Waals surface area contributed by atoms with Crippen LogP contribution in [0.3, 0.4) is 0 Å². The van der Waals surface area contributed by atoms with Crippen molar-refractivity contribution in [1.29, 1.82) is 0 Å². The van der Waals surface area contributed by atoms with Crippen LogP contribution in [-0.2, 0) is 19.6 Å². The number of nitrogens with one attached hydrogen (secondary N) is 3. The van der Waals surface area contributed by atoms with E-state index in [2.05, 4.69) is 15.4 Å². The Balaban J connectivity index is 2.18. The van der Waals surface area contributed by atoms with Crippen molar-refractivity contribution in [2.45, 2.75) is 36.6 Å². The zero-order chi connectivity index (χ0) is 19.2. The summed E-state index contributed by atoms with van der Waals surface area (Å²) in [6.45, 7) is 1.02. The first-order valence-electron chi connectivity index (χ1n) is 8.73. The number of rotatable bonds is 9. The lowest BCUT2D eigenvalue weighted by Gasteiger charge is -2.17. The van der Waals surface area contributed by atoms with Crippen LogP contribution in [0, 0.1) is 5.92 Å². The van der Waals surface area contributed by atoms with E-state index in [4.69, 9.17) is 10.5 Å². The van der Waals surface area contributed by atoms with E-state index in [0.29, 0.717) is 30.9 Å². The highest BCUT2D eigenvalue weighted by molar-refractivity contribution is 7.89. The van der Waals surface area contributed by atoms with Gasteiger partial charge in [0.1, 0.15) is 0 Å². The number of amides is 1. The smallest absolute Gasteiger partial charge is 0.240 e. The third-order valence-corrected chi connectivity index (χ3v) is 6.04. The molecule has 1 amide bonds. The highest BCUT2D eigenvalue weighted by atomic mass is 32.2. The first kappa shape index (κ1) is 20.6. The molecule has 0 heterocycles. The fourth-order valence-electron chi connectivity index (χ4n) is 3.11. The molecule has 0 aromatic heterocycles. The topological polar surface area (TPSA) is 123 Å². The molecular formula is C17H28N4O4S. The minimum absolute atomic E-state index is 0.0519. The third-order valence-electron chi connectivity index (χ3n) is 4.63. The van der Waals surface area contributed by atoms with Gasteiger partial charge in [-0.1, -0.05) is 6.42 Å². The van der Waals surface area contributed by atoms with Crippen LogP contribution in [-0.4, -0.2) is 47.7 Å². The predicted octanol–water partition coefficient (Wildman–Crippen LogP) is 1.11. The largest absolute Gasteiger partial charge is 0.383 e. The predicted molar refractivity (Wildman–Crippen MR) is 102 cm³/mol. The highest BCUT2D eigenvalue weighted by Gasteiger charge is 2.26. The number of ether oxygens (including phenoxy) is 1. The molecule has 1 aliphatic carbocycles. The van der Waals surface area contributed by atoms with Gasteiger partial charge in [0.15, 0.2) is 0 Å². The van der Waals surface area contributed by atoms with Crippen molar-refractivity contribution in [3.8, 4) is 0 Å². The summed E-state index contributed by atoms with van der Waals surface area (Å²) in [5, 5.41) is 5.97. The van der Waals surface area contributed by atoms with Crippen LogP contribution in [0.15, 0.2) is 23.1 Å². The molecule has 0 bridgehead atoms. The Morgan fingerprint density at radius 3 is 2.69 bits per heavy atom. The molecule has 8 nitrogen and oxygen atoms in total. The standard InChI is InChI=1S/C17H28N4O4S/c1-19-26(23,24)13-6-7-15(20-8-9-25-2)16(11-13)21-17(22)10-12-4-3-5-14(12)18/h6-7,11-12,14,19-20H,3-5,8-10,18H2,1-2H3,(H,21,22)/t12-,14+/m0/s1. The van der Waals surface area contributed by atoms with Gasteiger partial charge in [-0.3, -0.25) is 4.79 Å². The van der Waals surface area contributed by atoms with Gasteiger partial charge < -0.3 is 21.1 Å². The maximum absolute atomic E-state index is 12.4. The molecule has 0 saturated heterocycles. The van der Waals surface area contributed by atoms with Crippen molar-refractivity contribution in [3.63, 3.8) is 0 Å². The number of hydrogen-bond donors (Lipinski definition) is 4. The van der Waals surface area contributed by atoms with E-state index in [1.807, 2.05) is 0 Å². The van der Waals surface area contributed by atoms with E-state index < -0.39 is 10.0 Å². The molecule has 1 saturated carbocycles. The second-order valence-corrected chi connectivity index (χ2v) is 8.33. The lowest BCUT2D eigenvalue weighted by molar-refractivity contribution is -0.117. The molecule has 1 fully saturated rings. The van der Waals surface area contributed by atoms with Crippen molar-refractivity contribution >= 4 is 27.3 Å². The lowest BCUT2D eigenvalue weighted by Crippen LogP contribution is -2.28. The SMILES string of the molecule is CNS(=O)(=O)c1ccc(NCCOC)c(NC(=O)C[C@@H]2CCC[C@H]2N)c1. The Kier molecular flexibility index (Phi) is 7.39. The maximum atomic E-state index is 12.4. The summed E-state index contributed by atoms with van der Waals surface area (Å²) in [5.41, 5.74) is 7.10. The van der Waals surface area contributed by atoms with E-state index in [1.165, 1.54) is 19.2 Å². The maximum Gasteiger partial charge on any atom is 0.240 e. The van der Waals surface area contributed by atoms with Crippen molar-refractivity contribution in [1.82, 2.24) is 4.72 Å². The number of methoxy groups -OCH3 is 1. The van der Waals surface area contributed by atoms with Gasteiger partial charge in [0, 0.05) is 26.1 Å². The number of hydrogen-bond acceptors (Lipinski definition) is 6. The molecule has 2 atom stereocenters. The van der Waals surface area contributed by atoms with Crippen LogP contribution in [0.25, 0.3) is 0 Å². The Bertz CT molecular complexity index is 723. The zero-order valence-electron chi connectivity index (χ0n) is 15.2. The molecule has 1 aliphatic rings. The molecule has 1 aromatic carbocycles. The van der Waals surface area contributed by atoms with Gasteiger partial charge in [0.25, 0.3) is 0 Å². The number of benzene rings is 1. The fourth-order valence-corrected chi connectivity index (χ4v) is 3.87. The molecule has 146 valence electrons. The van der Waals surface area contributed by atoms with Crippen LogP contribution in [0.2, 0.25) is 0 Å². The average Bonchev–Trinajstić information content (AvgIpc) is 3.01. The lowest BCUT2D eigenvalue weighted by atomic mass is 10.00. The highest BCUT2D eigenvalue weighted by Crippen LogP contribution is 2.29. The van der Waals surface area contributed by atoms with Crippen molar-refractivity contribution < 1.29 is 17.9 Å². The molecular weight excluding hydrogens is 356 g/mol. The summed E-state index contributed by atoms with van der Waals surface area (Å²) >= 11 is 0. The number of anilines is 2. The second kappa shape index (κ2) is 9.31. The van der Waals surface area contributed by atoms with Gasteiger partial charge in [0.2, 0.25) is 15.9 Å². The second-order valence-electron chi connectivity index (χ2n) is 6.44. The molecule has 2 rings (SSSR count). The average molecular weight is 385 g/mol. The van der Waals surface area contributed by atoms with Gasteiger partial charge in [-0.2, -0.15) is 0 Å². The minimum Gasteiger partial charge on any atom is -0.383 e. The summed E-state index contributed by atoms with van der Waals surface area (Å²) in [7, 11) is -0.661. The molecule has 1 aromatic rings. The van der Waals surface area contributed by atoms with E-state index >= 15 is 0 Å². The van der Waals surface area contributed by atoms with Gasteiger partial charge in [0.05, 0.1) is 22.9 Å². The summed E-state index contributed by atoms with van der Waals surface area (Å²) < 4.78 is 31.4. The first-order chi connectivity index (χ1) is 12.4. The molecule has 9 heteroatoms. The van der Waals surface area contributed by atoms with Crippen molar-refractivity contribution in [2.24, 2.45) is 11.7 Å². The third kappa shape index (κ3) is 5.41. The fraction of sp³-hybridized carbons (Fsp3) is 0.588. The number of sulfonamides is 1. The first-order valence-corrected chi connectivity index (χ1v) is 10.2. The molecule has 0 aliphatic heterocycles. The van der Waals surface area contributed by atoms with Gasteiger partial charge in [-0.05, 0) is 44.0 Å². The monoisotopic (exact) mass is 384 g/mol. The Labute approximate surface area is 154 Å². The Morgan fingerprint density at radius 1 is 1.31 bits per heavy atom. The van der Waals surface area contributed by atoms with Gasteiger partial charge in [-0.25, -0.2) is 13.1 Å². The molecule has 0 spiro atoms. The number of nitrogens with two attached hydrogens (primary N) is 1. The Morgan fingerprint density at radius 2 is 2.08 bits per heavy atom. The summed E-state index contributed by atoms with van der Waals surface area (Å²) in [6.07, 6.45) is 3.26. The van der Waals surface area contributed by atoms with Crippen LogP contribution < -0.4 is 21.1 Å². The summed E-state index contributed by atoms with van der Waals surface area (Å²) in [4.78, 5) is 12.5. The Hall–Kier alpha value is -1.68. The van der Waals surface area contributed by atoms with Crippen molar-refractivity contribution in [2.75, 3.05) is 37.9 Å². The van der Waals surface area contributed by atoms with E-state index in [9.17, 15) is 13.2 Å². The summed E-state index contributed by atoms with van der Waals surface area (Å²) in [6, 6.07) is 4.63. The van der Waals surface area contributed by atoms with E-state index in [1.54, 1.807) is 13.2 Å². The molecule has 0 radical (unpaired) electrons. The number of carbonyl (C=O) groups is 1. The van der Waals surface area contributed by atoms with E-state index in [-0.39, 0.29) is 22.8 Å². The zero-order valence-corrected chi connectivity index (χ0v) is 16.1. The quantitative estimate of drug-likeness (QED) is 0.473. The molecule has 0 unspecified atom stereocenters.